The Hall–Kier alpha value is -0.950. The van der Waals surface area contributed by atoms with Crippen LogP contribution in [0.25, 0.3) is 0 Å². The highest BCUT2D eigenvalue weighted by Gasteiger charge is 2.24. The van der Waals surface area contributed by atoms with E-state index in [1.165, 1.54) is 18.4 Å². The van der Waals surface area contributed by atoms with Gasteiger partial charge in [-0.3, -0.25) is 0 Å². The number of nitrogens with zero attached hydrogens (tertiary/aromatic N) is 2. The van der Waals surface area contributed by atoms with Gasteiger partial charge in [0, 0.05) is 27.2 Å². The van der Waals surface area contributed by atoms with E-state index in [2.05, 4.69) is 0 Å². The Balaban J connectivity index is 2.73. The molecule has 0 saturated carbocycles. The average molecular weight is 272 g/mol. The molecule has 18 heavy (non-hydrogen) atoms. The highest BCUT2D eigenvalue weighted by molar-refractivity contribution is 7.86. The molecule has 1 atom stereocenters. The molecule has 0 aliphatic carbocycles. The standard InChI is InChI=1S/C12H20N2O3S/c1-11(15)9-13(2)18(16,17)14(3)10-12-7-5-4-6-8-12/h4-8,11,15H,9-10H2,1-3H3. The summed E-state index contributed by atoms with van der Waals surface area (Å²) >= 11 is 0. The molecule has 0 aromatic heterocycles. The molecule has 0 amide bonds. The molecule has 1 rings (SSSR count). The van der Waals surface area contributed by atoms with Gasteiger partial charge in [0.05, 0.1) is 6.10 Å². The maximum absolute atomic E-state index is 12.1. The molecular weight excluding hydrogens is 252 g/mol. The highest BCUT2D eigenvalue weighted by atomic mass is 32.2. The van der Waals surface area contributed by atoms with Gasteiger partial charge < -0.3 is 5.11 Å². The van der Waals surface area contributed by atoms with Crippen molar-refractivity contribution in [3.8, 4) is 0 Å². The molecule has 1 unspecified atom stereocenters. The SMILES string of the molecule is CC(O)CN(C)S(=O)(=O)N(C)Cc1ccccc1. The molecule has 1 aromatic rings. The Labute approximate surface area is 109 Å². The number of hydrogen-bond donors (Lipinski definition) is 1. The fourth-order valence-corrected chi connectivity index (χ4v) is 2.82. The van der Waals surface area contributed by atoms with Gasteiger partial charge in [-0.05, 0) is 12.5 Å². The molecule has 6 heteroatoms. The van der Waals surface area contributed by atoms with Gasteiger partial charge in [0.25, 0.3) is 10.2 Å². The number of aliphatic hydroxyl groups is 1. The van der Waals surface area contributed by atoms with Crippen LogP contribution in [0.4, 0.5) is 0 Å². The van der Waals surface area contributed by atoms with E-state index >= 15 is 0 Å². The zero-order valence-electron chi connectivity index (χ0n) is 10.9. The minimum Gasteiger partial charge on any atom is -0.392 e. The van der Waals surface area contributed by atoms with Gasteiger partial charge in [0.15, 0.2) is 0 Å². The van der Waals surface area contributed by atoms with Crippen LogP contribution >= 0.6 is 0 Å². The van der Waals surface area contributed by atoms with Crippen molar-refractivity contribution in [2.75, 3.05) is 20.6 Å². The lowest BCUT2D eigenvalue weighted by Crippen LogP contribution is -2.42. The van der Waals surface area contributed by atoms with Gasteiger partial charge in [-0.15, -0.1) is 0 Å². The van der Waals surface area contributed by atoms with E-state index in [1.807, 2.05) is 30.3 Å². The van der Waals surface area contributed by atoms with E-state index in [0.717, 1.165) is 9.87 Å². The Bertz CT molecular complexity index is 459. The lowest BCUT2D eigenvalue weighted by Gasteiger charge is -2.25. The molecule has 0 aliphatic rings. The normalized spacial score (nSPS) is 14.1. The van der Waals surface area contributed by atoms with Crippen molar-refractivity contribution in [3.63, 3.8) is 0 Å². The second-order valence-corrected chi connectivity index (χ2v) is 6.52. The van der Waals surface area contributed by atoms with Gasteiger partial charge in [0.1, 0.15) is 0 Å². The Morgan fingerprint density at radius 1 is 1.17 bits per heavy atom. The molecule has 1 aromatic carbocycles. The van der Waals surface area contributed by atoms with Crippen LogP contribution in [-0.4, -0.2) is 48.9 Å². The van der Waals surface area contributed by atoms with E-state index in [9.17, 15) is 13.5 Å². The van der Waals surface area contributed by atoms with E-state index < -0.39 is 16.3 Å². The molecule has 1 N–H and O–H groups in total. The number of rotatable bonds is 6. The number of likely N-dealkylation sites (N-methyl/N-ethyl adjacent to an activating group) is 1. The second kappa shape index (κ2) is 6.29. The molecule has 0 bridgehead atoms. The van der Waals surface area contributed by atoms with E-state index in [0.29, 0.717) is 6.54 Å². The van der Waals surface area contributed by atoms with Gasteiger partial charge in [-0.1, -0.05) is 30.3 Å². The number of benzene rings is 1. The van der Waals surface area contributed by atoms with Crippen LogP contribution in [0.5, 0.6) is 0 Å². The minimum atomic E-state index is -3.53. The third-order valence-electron chi connectivity index (χ3n) is 2.56. The topological polar surface area (TPSA) is 60.9 Å². The minimum absolute atomic E-state index is 0.0848. The molecule has 0 radical (unpaired) electrons. The fourth-order valence-electron chi connectivity index (χ4n) is 1.63. The summed E-state index contributed by atoms with van der Waals surface area (Å²) < 4.78 is 26.6. The van der Waals surface area contributed by atoms with Crippen LogP contribution < -0.4 is 0 Å². The van der Waals surface area contributed by atoms with Crippen LogP contribution in [0.3, 0.4) is 0 Å². The van der Waals surface area contributed by atoms with Crippen LogP contribution in [0.2, 0.25) is 0 Å². The molecule has 102 valence electrons. The Morgan fingerprint density at radius 3 is 2.22 bits per heavy atom. The van der Waals surface area contributed by atoms with Crippen molar-refractivity contribution in [2.45, 2.75) is 19.6 Å². The molecule has 5 nitrogen and oxygen atoms in total. The van der Waals surface area contributed by atoms with E-state index in [4.69, 9.17) is 0 Å². The third-order valence-corrected chi connectivity index (χ3v) is 4.41. The predicted octanol–water partition coefficient (Wildman–Crippen LogP) is 0.676. The van der Waals surface area contributed by atoms with Crippen molar-refractivity contribution in [2.24, 2.45) is 0 Å². The molecular formula is C12H20N2O3S. The summed E-state index contributed by atoms with van der Waals surface area (Å²) in [6.07, 6.45) is -0.685. The zero-order valence-corrected chi connectivity index (χ0v) is 11.8. The third kappa shape index (κ3) is 4.06. The molecule has 0 fully saturated rings. The summed E-state index contributed by atoms with van der Waals surface area (Å²) in [7, 11) is -0.535. The van der Waals surface area contributed by atoms with Crippen molar-refractivity contribution in [1.82, 2.24) is 8.61 Å². The highest BCUT2D eigenvalue weighted by Crippen LogP contribution is 2.10. The maximum Gasteiger partial charge on any atom is 0.281 e. The summed E-state index contributed by atoms with van der Waals surface area (Å²) in [5.74, 6) is 0. The van der Waals surface area contributed by atoms with Crippen molar-refractivity contribution in [1.29, 1.82) is 0 Å². The molecule has 0 spiro atoms. The summed E-state index contributed by atoms with van der Waals surface area (Å²) in [5, 5.41) is 9.23. The summed E-state index contributed by atoms with van der Waals surface area (Å²) in [4.78, 5) is 0. The Morgan fingerprint density at radius 2 is 1.72 bits per heavy atom. The van der Waals surface area contributed by atoms with Crippen molar-refractivity contribution in [3.05, 3.63) is 35.9 Å². The molecule has 0 aliphatic heterocycles. The quantitative estimate of drug-likeness (QED) is 0.828. The van der Waals surface area contributed by atoms with Crippen molar-refractivity contribution >= 4 is 10.2 Å². The van der Waals surface area contributed by atoms with Gasteiger partial charge in [-0.25, -0.2) is 0 Å². The zero-order chi connectivity index (χ0) is 13.8. The van der Waals surface area contributed by atoms with Crippen molar-refractivity contribution < 1.29 is 13.5 Å². The first kappa shape index (κ1) is 15.1. The fraction of sp³-hybridized carbons (Fsp3) is 0.500. The summed E-state index contributed by atoms with van der Waals surface area (Å²) in [6.45, 7) is 1.96. The lowest BCUT2D eigenvalue weighted by molar-refractivity contribution is 0.168. The Kier molecular flexibility index (Phi) is 5.28. The number of hydrogen-bond acceptors (Lipinski definition) is 3. The monoisotopic (exact) mass is 272 g/mol. The average Bonchev–Trinajstić information content (AvgIpc) is 2.29. The van der Waals surface area contributed by atoms with Gasteiger partial charge >= 0.3 is 0 Å². The van der Waals surface area contributed by atoms with E-state index in [-0.39, 0.29) is 6.54 Å². The maximum atomic E-state index is 12.1. The number of aliphatic hydroxyl groups excluding tert-OH is 1. The van der Waals surface area contributed by atoms with Gasteiger partial charge in [-0.2, -0.15) is 17.0 Å². The first-order valence-corrected chi connectivity index (χ1v) is 7.13. The summed E-state index contributed by atoms with van der Waals surface area (Å²) in [5.41, 5.74) is 0.925. The van der Waals surface area contributed by atoms with Crippen LogP contribution in [-0.2, 0) is 16.8 Å². The first-order valence-electron chi connectivity index (χ1n) is 5.73. The summed E-state index contributed by atoms with van der Waals surface area (Å²) in [6, 6.07) is 9.38. The smallest absolute Gasteiger partial charge is 0.281 e. The largest absolute Gasteiger partial charge is 0.392 e. The first-order chi connectivity index (χ1) is 8.34. The van der Waals surface area contributed by atoms with Crippen LogP contribution in [0.15, 0.2) is 30.3 Å². The molecule has 0 saturated heterocycles. The van der Waals surface area contributed by atoms with Gasteiger partial charge in [0.2, 0.25) is 0 Å². The van der Waals surface area contributed by atoms with Crippen LogP contribution in [0, 0.1) is 0 Å². The lowest BCUT2D eigenvalue weighted by atomic mass is 10.2. The molecule has 0 heterocycles. The van der Waals surface area contributed by atoms with Crippen LogP contribution in [0.1, 0.15) is 12.5 Å². The predicted molar refractivity (Wildman–Crippen MR) is 71.1 cm³/mol. The van der Waals surface area contributed by atoms with E-state index in [1.54, 1.807) is 6.92 Å². The second-order valence-electron chi connectivity index (χ2n) is 4.38.